The Balaban J connectivity index is 1.48. The van der Waals surface area contributed by atoms with Gasteiger partial charge in [0, 0.05) is 25.5 Å². The first-order chi connectivity index (χ1) is 14.5. The zero-order valence-corrected chi connectivity index (χ0v) is 17.2. The number of nitrogens with zero attached hydrogens (tertiary/aromatic N) is 3. The fourth-order valence-electron chi connectivity index (χ4n) is 4.29. The third-order valence-corrected chi connectivity index (χ3v) is 5.64. The number of H-pyrrole nitrogens is 1. The Kier molecular flexibility index (Phi) is 5.50. The second kappa shape index (κ2) is 8.23. The number of hydrogen-bond donors (Lipinski definition) is 3. The highest BCUT2D eigenvalue weighted by Gasteiger charge is 2.44. The summed E-state index contributed by atoms with van der Waals surface area (Å²) in [5, 5.41) is 5.75. The van der Waals surface area contributed by atoms with Crippen LogP contribution in [0.1, 0.15) is 24.4 Å². The number of likely N-dealkylation sites (N-methyl/N-ethyl adjacent to an activating group) is 1. The molecular weight excluding hydrogens is 380 g/mol. The van der Waals surface area contributed by atoms with E-state index in [2.05, 4.69) is 25.6 Å². The highest BCUT2D eigenvalue weighted by molar-refractivity contribution is 5.94. The monoisotopic (exact) mass is 406 g/mol. The van der Waals surface area contributed by atoms with Crippen molar-refractivity contribution in [2.75, 3.05) is 32.0 Å². The number of amides is 2. The summed E-state index contributed by atoms with van der Waals surface area (Å²) < 4.78 is 0. The van der Waals surface area contributed by atoms with Crippen LogP contribution >= 0.6 is 0 Å². The fourth-order valence-corrected chi connectivity index (χ4v) is 4.29. The molecule has 8 nitrogen and oxygen atoms in total. The van der Waals surface area contributed by atoms with Gasteiger partial charge in [-0.25, -0.2) is 4.98 Å². The van der Waals surface area contributed by atoms with E-state index < -0.39 is 5.41 Å². The zero-order chi connectivity index (χ0) is 21.1. The van der Waals surface area contributed by atoms with Gasteiger partial charge in [-0.15, -0.1) is 0 Å². The van der Waals surface area contributed by atoms with Crippen molar-refractivity contribution >= 4 is 28.5 Å². The summed E-state index contributed by atoms with van der Waals surface area (Å²) in [6.07, 6.45) is 3.23. The summed E-state index contributed by atoms with van der Waals surface area (Å²) in [6, 6.07) is 11.2. The number of aryl methyl sites for hydroxylation is 1. The number of likely N-dealkylation sites (tertiary alicyclic amines) is 1. The van der Waals surface area contributed by atoms with Gasteiger partial charge in [0.25, 0.3) is 0 Å². The molecule has 3 heterocycles. The first kappa shape index (κ1) is 20.0. The molecule has 1 aromatic carbocycles. The molecule has 0 spiro atoms. The van der Waals surface area contributed by atoms with Gasteiger partial charge in [0.2, 0.25) is 11.8 Å². The van der Waals surface area contributed by atoms with E-state index in [9.17, 15) is 9.59 Å². The highest BCUT2D eigenvalue weighted by atomic mass is 16.2. The van der Waals surface area contributed by atoms with E-state index >= 15 is 0 Å². The lowest BCUT2D eigenvalue weighted by atomic mass is 9.75. The fraction of sp³-hybridized carbons (Fsp3) is 0.364. The van der Waals surface area contributed by atoms with Gasteiger partial charge >= 0.3 is 0 Å². The predicted molar refractivity (Wildman–Crippen MR) is 115 cm³/mol. The maximum atomic E-state index is 12.9. The van der Waals surface area contributed by atoms with Crippen LogP contribution in [0.4, 0.5) is 5.69 Å². The normalized spacial score (nSPS) is 19.5. The molecule has 1 aliphatic heterocycles. The minimum absolute atomic E-state index is 0.0635. The summed E-state index contributed by atoms with van der Waals surface area (Å²) in [4.78, 5) is 39.6. The Hall–Kier alpha value is -3.26. The van der Waals surface area contributed by atoms with Crippen molar-refractivity contribution in [2.24, 2.45) is 0 Å². The molecule has 1 atom stereocenters. The molecule has 2 aromatic heterocycles. The topological polar surface area (TPSA) is 103 Å². The quantitative estimate of drug-likeness (QED) is 0.601. The van der Waals surface area contributed by atoms with Gasteiger partial charge in [0.1, 0.15) is 11.2 Å². The second-order valence-corrected chi connectivity index (χ2v) is 7.79. The van der Waals surface area contributed by atoms with Gasteiger partial charge in [-0.05, 0) is 56.6 Å². The molecule has 0 bridgehead atoms. The Morgan fingerprint density at radius 3 is 2.90 bits per heavy atom. The molecule has 2 amide bonds. The summed E-state index contributed by atoms with van der Waals surface area (Å²) >= 11 is 0. The van der Waals surface area contributed by atoms with Crippen LogP contribution in [0.2, 0.25) is 0 Å². The van der Waals surface area contributed by atoms with Crippen LogP contribution in [-0.4, -0.2) is 58.3 Å². The molecule has 8 heteroatoms. The van der Waals surface area contributed by atoms with E-state index in [0.29, 0.717) is 13.0 Å². The lowest BCUT2D eigenvalue weighted by Crippen LogP contribution is -2.55. The van der Waals surface area contributed by atoms with Crippen molar-refractivity contribution in [3.05, 3.63) is 54.1 Å². The lowest BCUT2D eigenvalue weighted by molar-refractivity contribution is -0.130. The predicted octanol–water partition coefficient (Wildman–Crippen LogP) is 1.98. The van der Waals surface area contributed by atoms with Gasteiger partial charge in [-0.2, -0.15) is 0 Å². The average molecular weight is 406 g/mol. The van der Waals surface area contributed by atoms with Crippen molar-refractivity contribution < 1.29 is 9.59 Å². The molecule has 156 valence electrons. The Morgan fingerprint density at radius 2 is 2.13 bits per heavy atom. The van der Waals surface area contributed by atoms with Crippen LogP contribution < -0.4 is 10.6 Å². The number of pyridine rings is 1. The molecule has 0 radical (unpaired) electrons. The van der Waals surface area contributed by atoms with Gasteiger partial charge in [-0.3, -0.25) is 19.5 Å². The number of hydrogen-bond acceptors (Lipinski definition) is 5. The summed E-state index contributed by atoms with van der Waals surface area (Å²) in [5.41, 5.74) is 2.47. The van der Waals surface area contributed by atoms with Crippen molar-refractivity contribution in [3.63, 3.8) is 0 Å². The number of carbonyl (C=O) groups is 2. The van der Waals surface area contributed by atoms with E-state index in [0.717, 1.165) is 41.2 Å². The molecule has 30 heavy (non-hydrogen) atoms. The maximum absolute atomic E-state index is 12.9. The first-order valence-corrected chi connectivity index (χ1v) is 10.1. The van der Waals surface area contributed by atoms with Gasteiger partial charge in [0.15, 0.2) is 0 Å². The van der Waals surface area contributed by atoms with Crippen LogP contribution in [0, 0.1) is 6.92 Å². The van der Waals surface area contributed by atoms with E-state index in [-0.39, 0.29) is 18.4 Å². The molecule has 1 saturated heterocycles. The first-order valence-electron chi connectivity index (χ1n) is 10.1. The minimum atomic E-state index is -0.749. The molecule has 1 aliphatic rings. The molecule has 1 fully saturated rings. The third kappa shape index (κ3) is 3.91. The average Bonchev–Trinajstić information content (AvgIpc) is 3.13. The minimum Gasteiger partial charge on any atom is -0.358 e. The summed E-state index contributed by atoms with van der Waals surface area (Å²) in [6.45, 7) is 3.33. The van der Waals surface area contributed by atoms with Crippen LogP contribution in [0.3, 0.4) is 0 Å². The Bertz CT molecular complexity index is 1060. The zero-order valence-electron chi connectivity index (χ0n) is 17.2. The number of rotatable bonds is 5. The summed E-state index contributed by atoms with van der Waals surface area (Å²) in [7, 11) is 1.64. The van der Waals surface area contributed by atoms with Gasteiger partial charge < -0.3 is 15.6 Å². The van der Waals surface area contributed by atoms with Crippen molar-refractivity contribution in [1.29, 1.82) is 0 Å². The third-order valence-electron chi connectivity index (χ3n) is 5.64. The number of imidazole rings is 1. The van der Waals surface area contributed by atoms with E-state index in [1.165, 1.54) is 0 Å². The number of anilines is 1. The number of benzene rings is 1. The molecule has 0 unspecified atom stereocenters. The Labute approximate surface area is 175 Å². The molecule has 0 aliphatic carbocycles. The van der Waals surface area contributed by atoms with Gasteiger partial charge in [-0.1, -0.05) is 6.07 Å². The number of piperidine rings is 1. The highest BCUT2D eigenvalue weighted by Crippen LogP contribution is 2.33. The summed E-state index contributed by atoms with van der Waals surface area (Å²) in [5.74, 6) is 0.660. The smallest absolute Gasteiger partial charge is 0.238 e. The number of nitrogens with one attached hydrogen (secondary N) is 3. The van der Waals surface area contributed by atoms with Crippen molar-refractivity contribution in [1.82, 2.24) is 25.2 Å². The second-order valence-electron chi connectivity index (χ2n) is 7.79. The number of carbonyl (C=O) groups excluding carboxylic acids is 2. The Morgan fingerprint density at radius 1 is 1.27 bits per heavy atom. The maximum Gasteiger partial charge on any atom is 0.238 e. The molecule has 4 rings (SSSR count). The van der Waals surface area contributed by atoms with Crippen molar-refractivity contribution in [2.45, 2.75) is 25.2 Å². The van der Waals surface area contributed by atoms with E-state index in [1.54, 1.807) is 13.2 Å². The number of aromatic nitrogens is 3. The lowest BCUT2D eigenvalue weighted by Gasteiger charge is -2.40. The SMILES string of the molecule is CNC(=O)[C@@]1(c2ccccn2)CCCN(CC(=O)Nc2ccc3nc(C)[nH]c3c2)C1. The number of fused-ring (bicyclic) bond motifs is 1. The van der Waals surface area contributed by atoms with Crippen molar-refractivity contribution in [3.8, 4) is 0 Å². The van der Waals surface area contributed by atoms with Crippen LogP contribution in [0.15, 0.2) is 42.6 Å². The largest absolute Gasteiger partial charge is 0.358 e. The van der Waals surface area contributed by atoms with Crippen LogP contribution in [-0.2, 0) is 15.0 Å². The van der Waals surface area contributed by atoms with E-state index in [4.69, 9.17) is 0 Å². The molecule has 3 aromatic rings. The molecule has 0 saturated carbocycles. The van der Waals surface area contributed by atoms with Crippen LogP contribution in [0.25, 0.3) is 11.0 Å². The number of aromatic amines is 1. The molecular formula is C22H26N6O2. The van der Waals surface area contributed by atoms with Crippen LogP contribution in [0.5, 0.6) is 0 Å². The molecule has 3 N–H and O–H groups in total. The van der Waals surface area contributed by atoms with Gasteiger partial charge in [0.05, 0.1) is 23.3 Å². The standard InChI is InChI=1S/C22H26N6O2/c1-15-25-17-8-7-16(12-18(17)26-15)27-20(29)13-28-11-5-9-22(14-28,21(30)23-2)19-6-3-4-10-24-19/h3-4,6-8,10,12H,5,9,11,13-14H2,1-2H3,(H,23,30)(H,25,26)(H,27,29)/t22-/m0/s1. The van der Waals surface area contributed by atoms with E-state index in [1.807, 2.05) is 48.2 Å².